The molecule has 0 spiro atoms. The Hall–Kier alpha value is -1.64. The van der Waals surface area contributed by atoms with Crippen molar-refractivity contribution < 1.29 is 14.3 Å². The average Bonchev–Trinajstić information content (AvgIpc) is 2.47. The van der Waals surface area contributed by atoms with Crippen LogP contribution >= 0.6 is 0 Å². The Morgan fingerprint density at radius 3 is 2.41 bits per heavy atom. The van der Waals surface area contributed by atoms with E-state index in [2.05, 4.69) is 0 Å². The number of esters is 1. The van der Waals surface area contributed by atoms with Gasteiger partial charge in [-0.1, -0.05) is 37.1 Å². The summed E-state index contributed by atoms with van der Waals surface area (Å²) in [7, 11) is 0. The zero-order chi connectivity index (χ0) is 16.2. The number of hydrogen-bond acceptors (Lipinski definition) is 3. The first-order valence-corrected chi connectivity index (χ1v) is 8.16. The fourth-order valence-corrected chi connectivity index (χ4v) is 3.17. The predicted octanol–water partition coefficient (Wildman–Crippen LogP) is 4.19. The molecule has 0 radical (unpaired) electrons. The second kappa shape index (κ2) is 7.08. The normalized spacial score (nSPS) is 22.1. The zero-order valence-corrected chi connectivity index (χ0v) is 13.8. The molecule has 1 aliphatic carbocycles. The third-order valence-corrected chi connectivity index (χ3v) is 4.23. The Kier molecular flexibility index (Phi) is 5.38. The second-order valence-electron chi connectivity index (χ2n) is 7.25. The minimum Gasteiger partial charge on any atom is -0.460 e. The third-order valence-electron chi connectivity index (χ3n) is 4.23. The van der Waals surface area contributed by atoms with Gasteiger partial charge in [0, 0.05) is 5.56 Å². The minimum atomic E-state index is -0.426. The van der Waals surface area contributed by atoms with Crippen molar-refractivity contribution in [2.75, 3.05) is 0 Å². The van der Waals surface area contributed by atoms with Gasteiger partial charge < -0.3 is 4.74 Å². The molecule has 0 aliphatic heterocycles. The van der Waals surface area contributed by atoms with Crippen LogP contribution in [-0.2, 0) is 16.0 Å². The van der Waals surface area contributed by atoms with Crippen LogP contribution in [0.25, 0.3) is 0 Å². The lowest BCUT2D eigenvalue weighted by molar-refractivity contribution is -0.163. The number of ether oxygens (including phenoxy) is 1. The van der Waals surface area contributed by atoms with Gasteiger partial charge in [0.25, 0.3) is 0 Å². The molecule has 0 bridgehead atoms. The quantitative estimate of drug-likeness (QED) is 0.618. The first kappa shape index (κ1) is 16.7. The maximum absolute atomic E-state index is 12.4. The molecule has 22 heavy (non-hydrogen) atoms. The molecule has 1 aromatic rings. The summed E-state index contributed by atoms with van der Waals surface area (Å²) in [6, 6.07) is 7.66. The molecule has 3 heteroatoms. The van der Waals surface area contributed by atoms with E-state index in [0.717, 1.165) is 32.0 Å². The molecule has 3 nitrogen and oxygen atoms in total. The molecule has 1 fully saturated rings. The third kappa shape index (κ3) is 4.69. The van der Waals surface area contributed by atoms with E-state index in [0.29, 0.717) is 11.5 Å². The average molecular weight is 302 g/mol. The molecular formula is C19H26O3. The van der Waals surface area contributed by atoms with E-state index in [-0.39, 0.29) is 11.9 Å². The first-order chi connectivity index (χ1) is 10.4. The molecule has 120 valence electrons. The maximum atomic E-state index is 12.4. The topological polar surface area (TPSA) is 43.4 Å². The Bertz CT molecular complexity index is 510. The molecule has 2 rings (SSSR count). The summed E-state index contributed by atoms with van der Waals surface area (Å²) in [5.74, 6) is 0.283. The molecule has 0 unspecified atom stereocenters. The van der Waals surface area contributed by atoms with E-state index in [1.165, 1.54) is 12.0 Å². The Morgan fingerprint density at radius 1 is 1.18 bits per heavy atom. The lowest BCUT2D eigenvalue weighted by atomic mass is 9.76. The smallest absolute Gasteiger partial charge is 0.309 e. The summed E-state index contributed by atoms with van der Waals surface area (Å²) in [4.78, 5) is 23.2. The van der Waals surface area contributed by atoms with Crippen molar-refractivity contribution >= 4 is 12.3 Å². The molecule has 0 aromatic heterocycles. The van der Waals surface area contributed by atoms with Gasteiger partial charge >= 0.3 is 5.97 Å². The van der Waals surface area contributed by atoms with Gasteiger partial charge in [-0.25, -0.2) is 0 Å². The summed E-state index contributed by atoms with van der Waals surface area (Å²) in [6.07, 6.45) is 6.00. The highest BCUT2D eigenvalue weighted by atomic mass is 16.6. The van der Waals surface area contributed by atoms with Crippen LogP contribution in [0.2, 0.25) is 0 Å². The number of rotatable bonds is 4. The van der Waals surface area contributed by atoms with Crippen LogP contribution < -0.4 is 0 Å². The highest BCUT2D eigenvalue weighted by Crippen LogP contribution is 2.34. The predicted molar refractivity (Wildman–Crippen MR) is 86.8 cm³/mol. The number of aldehydes is 1. The number of benzene rings is 1. The van der Waals surface area contributed by atoms with E-state index >= 15 is 0 Å². The van der Waals surface area contributed by atoms with E-state index in [4.69, 9.17) is 4.74 Å². The van der Waals surface area contributed by atoms with Gasteiger partial charge in [-0.05, 0) is 51.5 Å². The second-order valence-corrected chi connectivity index (χ2v) is 7.25. The highest BCUT2D eigenvalue weighted by Gasteiger charge is 2.34. The molecule has 0 heterocycles. The molecule has 1 aliphatic rings. The summed E-state index contributed by atoms with van der Waals surface area (Å²) in [5.41, 5.74) is 1.45. The van der Waals surface area contributed by atoms with Crippen LogP contribution in [-0.4, -0.2) is 17.9 Å². The van der Waals surface area contributed by atoms with Gasteiger partial charge in [0.15, 0.2) is 0 Å². The van der Waals surface area contributed by atoms with E-state index in [1.54, 1.807) is 0 Å². The Balaban J connectivity index is 2.05. The van der Waals surface area contributed by atoms with E-state index in [9.17, 15) is 9.59 Å². The van der Waals surface area contributed by atoms with Crippen molar-refractivity contribution in [3.8, 4) is 0 Å². The van der Waals surface area contributed by atoms with Gasteiger partial charge in [0.05, 0.1) is 5.92 Å². The van der Waals surface area contributed by atoms with Crippen LogP contribution in [0, 0.1) is 11.8 Å². The Labute approximate surface area is 133 Å². The van der Waals surface area contributed by atoms with Gasteiger partial charge in [-0.15, -0.1) is 0 Å². The van der Waals surface area contributed by atoms with Crippen LogP contribution in [0.3, 0.4) is 0 Å². The van der Waals surface area contributed by atoms with Crippen molar-refractivity contribution in [1.82, 2.24) is 0 Å². The number of hydrogen-bond donors (Lipinski definition) is 0. The van der Waals surface area contributed by atoms with Gasteiger partial charge in [0.2, 0.25) is 0 Å². The van der Waals surface area contributed by atoms with Gasteiger partial charge in [0.1, 0.15) is 11.9 Å². The van der Waals surface area contributed by atoms with Gasteiger partial charge in [-0.3, -0.25) is 9.59 Å². The summed E-state index contributed by atoms with van der Waals surface area (Å²) < 4.78 is 5.60. The van der Waals surface area contributed by atoms with Crippen molar-refractivity contribution in [2.24, 2.45) is 11.8 Å². The highest BCUT2D eigenvalue weighted by molar-refractivity contribution is 5.75. The summed E-state index contributed by atoms with van der Waals surface area (Å²) in [6.45, 7) is 5.75. The fraction of sp³-hybridized carbons (Fsp3) is 0.579. The first-order valence-electron chi connectivity index (χ1n) is 8.16. The van der Waals surface area contributed by atoms with Crippen molar-refractivity contribution in [2.45, 2.75) is 58.5 Å². The molecule has 0 N–H and O–H groups in total. The van der Waals surface area contributed by atoms with Crippen molar-refractivity contribution in [3.05, 3.63) is 35.4 Å². The molecule has 1 aromatic carbocycles. The van der Waals surface area contributed by atoms with Crippen LogP contribution in [0.1, 0.15) is 62.4 Å². The van der Waals surface area contributed by atoms with E-state index < -0.39 is 5.60 Å². The van der Waals surface area contributed by atoms with Crippen molar-refractivity contribution in [1.29, 1.82) is 0 Å². The minimum absolute atomic E-state index is 0.00118. The summed E-state index contributed by atoms with van der Waals surface area (Å²) in [5, 5.41) is 0. The molecule has 1 saturated carbocycles. The maximum Gasteiger partial charge on any atom is 0.309 e. The SMILES string of the molecule is CC(C)(C)OC(=O)[C@H]1CCCC[C@@H]1Cc1ccc(C=O)cc1. The molecule has 0 amide bonds. The van der Waals surface area contributed by atoms with E-state index in [1.807, 2.05) is 45.0 Å². The number of carbonyl (C=O) groups excluding carboxylic acids is 2. The zero-order valence-electron chi connectivity index (χ0n) is 13.8. The van der Waals surface area contributed by atoms with Crippen LogP contribution in [0.15, 0.2) is 24.3 Å². The lowest BCUT2D eigenvalue weighted by Gasteiger charge is -2.32. The van der Waals surface area contributed by atoms with Crippen molar-refractivity contribution in [3.63, 3.8) is 0 Å². The van der Waals surface area contributed by atoms with Crippen LogP contribution in [0.5, 0.6) is 0 Å². The molecular weight excluding hydrogens is 276 g/mol. The fourth-order valence-electron chi connectivity index (χ4n) is 3.17. The van der Waals surface area contributed by atoms with Crippen LogP contribution in [0.4, 0.5) is 0 Å². The van der Waals surface area contributed by atoms with Gasteiger partial charge in [-0.2, -0.15) is 0 Å². The summed E-state index contributed by atoms with van der Waals surface area (Å²) >= 11 is 0. The standard InChI is InChI=1S/C19H26O3/c1-19(2,3)22-18(21)17-7-5-4-6-16(17)12-14-8-10-15(13-20)11-9-14/h8-11,13,16-17H,4-7,12H2,1-3H3/t16-,17+/m1/s1. The number of carbonyl (C=O) groups is 2. The monoisotopic (exact) mass is 302 g/mol. The molecule has 2 atom stereocenters. The lowest BCUT2D eigenvalue weighted by Crippen LogP contribution is -2.35. The Morgan fingerprint density at radius 2 is 1.82 bits per heavy atom. The molecule has 0 saturated heterocycles. The largest absolute Gasteiger partial charge is 0.460 e.